The lowest BCUT2D eigenvalue weighted by atomic mass is 9.68. The topological polar surface area (TPSA) is 49.2 Å². The molecule has 6 heteroatoms. The van der Waals surface area contributed by atoms with Crippen LogP contribution < -0.4 is 5.76 Å². The second kappa shape index (κ2) is 4.55. The average Bonchev–Trinajstić information content (AvgIpc) is 2.92. The molecule has 2 aliphatic rings. The first-order valence-corrected chi connectivity index (χ1v) is 8.04. The van der Waals surface area contributed by atoms with Gasteiger partial charge in [-0.25, -0.2) is 9.10 Å². The van der Waals surface area contributed by atoms with Gasteiger partial charge in [0.05, 0.1) is 10.5 Å². The van der Waals surface area contributed by atoms with Gasteiger partial charge in [-0.2, -0.15) is 0 Å². The summed E-state index contributed by atoms with van der Waals surface area (Å²) in [6.07, 6.45) is 5.39. The van der Waals surface area contributed by atoms with E-state index in [0.29, 0.717) is 21.5 Å². The SMILES string of the molecule is O=c1[nH]c2cc(Cl)c(SN3CCC4(CCC4)C3)cc2o1. The van der Waals surface area contributed by atoms with Crippen LogP contribution in [-0.2, 0) is 0 Å². The van der Waals surface area contributed by atoms with E-state index < -0.39 is 5.76 Å². The molecule has 1 spiro atoms. The minimum atomic E-state index is -0.437. The zero-order chi connectivity index (χ0) is 13.7. The van der Waals surface area contributed by atoms with Crippen LogP contribution in [0, 0.1) is 5.41 Å². The Balaban J connectivity index is 1.59. The maximum atomic E-state index is 11.2. The van der Waals surface area contributed by atoms with Crippen molar-refractivity contribution in [2.75, 3.05) is 13.1 Å². The minimum Gasteiger partial charge on any atom is -0.408 e. The number of hydrogen-bond donors (Lipinski definition) is 1. The fraction of sp³-hybridized carbons (Fsp3) is 0.500. The molecule has 1 N–H and O–H groups in total. The molecule has 1 saturated carbocycles. The van der Waals surface area contributed by atoms with Crippen molar-refractivity contribution in [3.63, 3.8) is 0 Å². The normalized spacial score (nSPS) is 21.6. The zero-order valence-corrected chi connectivity index (χ0v) is 12.5. The average molecular weight is 311 g/mol. The summed E-state index contributed by atoms with van der Waals surface area (Å²) >= 11 is 7.98. The second-order valence-corrected chi connectivity index (χ2v) is 7.40. The first kappa shape index (κ1) is 12.8. The Morgan fingerprint density at radius 2 is 2.20 bits per heavy atom. The van der Waals surface area contributed by atoms with Crippen LogP contribution in [-0.4, -0.2) is 22.4 Å². The number of oxazole rings is 1. The molecular formula is C14H15ClN2O2S. The van der Waals surface area contributed by atoms with Crippen LogP contribution in [0.1, 0.15) is 25.7 Å². The highest BCUT2D eigenvalue weighted by molar-refractivity contribution is 7.97. The van der Waals surface area contributed by atoms with Crippen molar-refractivity contribution in [2.45, 2.75) is 30.6 Å². The molecule has 2 heterocycles. The van der Waals surface area contributed by atoms with Gasteiger partial charge in [0.15, 0.2) is 5.58 Å². The zero-order valence-electron chi connectivity index (χ0n) is 10.9. The Labute approximate surface area is 125 Å². The van der Waals surface area contributed by atoms with Crippen LogP contribution in [0.3, 0.4) is 0 Å². The maximum absolute atomic E-state index is 11.2. The van der Waals surface area contributed by atoms with E-state index in [-0.39, 0.29) is 0 Å². The van der Waals surface area contributed by atoms with Gasteiger partial charge >= 0.3 is 5.76 Å². The third kappa shape index (κ3) is 2.08. The Hall–Kier alpha value is -0.910. The highest BCUT2D eigenvalue weighted by atomic mass is 35.5. The molecule has 0 radical (unpaired) electrons. The van der Waals surface area contributed by atoms with Crippen LogP contribution in [0.25, 0.3) is 11.1 Å². The van der Waals surface area contributed by atoms with E-state index in [1.807, 2.05) is 6.07 Å². The largest absolute Gasteiger partial charge is 0.417 e. The standard InChI is InChI=1S/C14H15ClN2O2S/c15-9-6-10-11(19-13(18)16-10)7-12(9)20-17-5-4-14(8-17)2-1-3-14/h6-7H,1-5,8H2,(H,16,18). The molecule has 0 atom stereocenters. The van der Waals surface area contributed by atoms with Crippen molar-refractivity contribution in [3.8, 4) is 0 Å². The second-order valence-electron chi connectivity index (χ2n) is 5.85. The lowest BCUT2D eigenvalue weighted by Crippen LogP contribution is -2.31. The van der Waals surface area contributed by atoms with Crippen molar-refractivity contribution >= 4 is 34.6 Å². The van der Waals surface area contributed by atoms with Gasteiger partial charge in [-0.15, -0.1) is 0 Å². The van der Waals surface area contributed by atoms with E-state index in [2.05, 4.69) is 9.29 Å². The molecule has 1 aliphatic heterocycles. The molecule has 4 rings (SSSR count). The molecule has 106 valence electrons. The summed E-state index contributed by atoms with van der Waals surface area (Å²) < 4.78 is 7.49. The van der Waals surface area contributed by atoms with E-state index in [0.717, 1.165) is 18.0 Å². The highest BCUT2D eigenvalue weighted by Crippen LogP contribution is 2.50. The first-order valence-electron chi connectivity index (χ1n) is 6.89. The van der Waals surface area contributed by atoms with Crippen molar-refractivity contribution < 1.29 is 4.42 Å². The lowest BCUT2D eigenvalue weighted by Gasteiger charge is -2.38. The number of rotatable bonds is 2. The third-order valence-corrected chi connectivity index (χ3v) is 6.05. The van der Waals surface area contributed by atoms with Crippen molar-refractivity contribution in [1.29, 1.82) is 0 Å². The summed E-state index contributed by atoms with van der Waals surface area (Å²) in [6.45, 7) is 2.25. The number of hydrogen-bond acceptors (Lipinski definition) is 4. The van der Waals surface area contributed by atoms with Crippen molar-refractivity contribution in [3.05, 3.63) is 27.7 Å². The number of halogens is 1. The molecule has 4 nitrogen and oxygen atoms in total. The van der Waals surface area contributed by atoms with E-state index in [4.69, 9.17) is 16.0 Å². The van der Waals surface area contributed by atoms with Gasteiger partial charge in [0, 0.05) is 18.0 Å². The Kier molecular flexibility index (Phi) is 2.91. The van der Waals surface area contributed by atoms with Crippen LogP contribution in [0.15, 0.2) is 26.2 Å². The van der Waals surface area contributed by atoms with E-state index >= 15 is 0 Å². The highest BCUT2D eigenvalue weighted by Gasteiger charge is 2.43. The van der Waals surface area contributed by atoms with Gasteiger partial charge in [0.1, 0.15) is 0 Å². The number of aromatic nitrogens is 1. The van der Waals surface area contributed by atoms with Gasteiger partial charge in [-0.05, 0) is 48.8 Å². The van der Waals surface area contributed by atoms with Crippen molar-refractivity contribution in [2.24, 2.45) is 5.41 Å². The molecule has 20 heavy (non-hydrogen) atoms. The monoisotopic (exact) mass is 310 g/mol. The van der Waals surface area contributed by atoms with Crippen LogP contribution in [0.4, 0.5) is 0 Å². The number of H-pyrrole nitrogens is 1. The van der Waals surface area contributed by atoms with E-state index in [1.165, 1.54) is 25.7 Å². The molecule has 1 aromatic carbocycles. The molecule has 2 fully saturated rings. The number of aromatic amines is 1. The van der Waals surface area contributed by atoms with Crippen LogP contribution in [0.2, 0.25) is 5.02 Å². The smallest absolute Gasteiger partial charge is 0.408 e. The Morgan fingerprint density at radius 3 is 2.90 bits per heavy atom. The van der Waals surface area contributed by atoms with E-state index in [9.17, 15) is 4.79 Å². The maximum Gasteiger partial charge on any atom is 0.417 e. The van der Waals surface area contributed by atoms with E-state index in [1.54, 1.807) is 18.0 Å². The summed E-state index contributed by atoms with van der Waals surface area (Å²) in [7, 11) is 0. The molecular weight excluding hydrogens is 296 g/mol. The molecule has 2 aromatic rings. The molecule has 0 amide bonds. The summed E-state index contributed by atoms with van der Waals surface area (Å²) in [4.78, 5) is 14.8. The van der Waals surface area contributed by atoms with Gasteiger partial charge in [-0.1, -0.05) is 18.0 Å². The van der Waals surface area contributed by atoms with Gasteiger partial charge in [0.25, 0.3) is 0 Å². The Bertz CT molecular complexity index is 720. The summed E-state index contributed by atoms with van der Waals surface area (Å²) in [5.74, 6) is -0.437. The fourth-order valence-corrected chi connectivity index (χ4v) is 4.59. The fourth-order valence-electron chi connectivity index (χ4n) is 3.22. The van der Waals surface area contributed by atoms with Crippen molar-refractivity contribution in [1.82, 2.24) is 9.29 Å². The van der Waals surface area contributed by atoms with Gasteiger partial charge in [-0.3, -0.25) is 4.98 Å². The quantitative estimate of drug-likeness (QED) is 0.860. The number of nitrogens with zero attached hydrogens (tertiary/aromatic N) is 1. The Morgan fingerprint density at radius 1 is 1.35 bits per heavy atom. The van der Waals surface area contributed by atoms with Crippen LogP contribution >= 0.6 is 23.5 Å². The summed E-state index contributed by atoms with van der Waals surface area (Å²) in [5, 5.41) is 0.661. The summed E-state index contributed by atoms with van der Waals surface area (Å²) in [6, 6.07) is 3.62. The number of benzene rings is 1. The minimum absolute atomic E-state index is 0.437. The number of nitrogens with one attached hydrogen (secondary N) is 1. The molecule has 1 saturated heterocycles. The van der Waals surface area contributed by atoms with Crippen LogP contribution in [0.5, 0.6) is 0 Å². The predicted octanol–water partition coefficient (Wildman–Crippen LogP) is 3.66. The third-order valence-electron chi connectivity index (χ3n) is 4.52. The predicted molar refractivity (Wildman–Crippen MR) is 80.2 cm³/mol. The molecule has 1 aliphatic carbocycles. The lowest BCUT2D eigenvalue weighted by molar-refractivity contribution is 0.155. The first-order chi connectivity index (χ1) is 9.63. The molecule has 0 unspecified atom stereocenters. The summed E-state index contributed by atoms with van der Waals surface area (Å²) in [5.41, 5.74) is 1.80. The van der Waals surface area contributed by atoms with Gasteiger partial charge in [0.2, 0.25) is 0 Å². The number of fused-ring (bicyclic) bond motifs is 1. The molecule has 0 bridgehead atoms. The molecule has 1 aromatic heterocycles. The van der Waals surface area contributed by atoms with Gasteiger partial charge < -0.3 is 4.42 Å².